The van der Waals surface area contributed by atoms with Gasteiger partial charge in [-0.25, -0.2) is 8.42 Å². The normalized spacial score (nSPS) is 24.8. The van der Waals surface area contributed by atoms with Crippen molar-refractivity contribution in [2.45, 2.75) is 31.3 Å². The molecule has 0 saturated carbocycles. The van der Waals surface area contributed by atoms with Crippen molar-refractivity contribution in [2.75, 3.05) is 49.2 Å². The molecule has 1 amide bonds. The second kappa shape index (κ2) is 6.85. The summed E-state index contributed by atoms with van der Waals surface area (Å²) in [6, 6.07) is 7.57. The summed E-state index contributed by atoms with van der Waals surface area (Å²) >= 11 is 0. The van der Waals surface area contributed by atoms with Gasteiger partial charge >= 0.3 is 0 Å². The zero-order valence-corrected chi connectivity index (χ0v) is 15.8. The molecule has 3 heterocycles. The zero-order valence-electron chi connectivity index (χ0n) is 15.0. The van der Waals surface area contributed by atoms with Crippen LogP contribution in [0.3, 0.4) is 0 Å². The van der Waals surface area contributed by atoms with Crippen molar-refractivity contribution in [2.24, 2.45) is 0 Å². The maximum Gasteiger partial charge on any atom is 0.255 e. The maximum atomic E-state index is 13.1. The number of piperidine rings is 1. The Morgan fingerprint density at radius 3 is 2.35 bits per heavy atom. The van der Waals surface area contributed by atoms with Crippen molar-refractivity contribution in [3.63, 3.8) is 0 Å². The first-order chi connectivity index (χ1) is 12.5. The third kappa shape index (κ3) is 3.47. The molecule has 142 valence electrons. The summed E-state index contributed by atoms with van der Waals surface area (Å²) in [6.07, 6.45) is 4.04. The molecule has 4 rings (SSSR count). The van der Waals surface area contributed by atoms with Crippen molar-refractivity contribution in [3.8, 4) is 0 Å². The fraction of sp³-hybridized carbons (Fsp3) is 0.632. The van der Waals surface area contributed by atoms with Crippen molar-refractivity contribution in [3.05, 3.63) is 29.8 Å². The fourth-order valence-corrected chi connectivity index (χ4v) is 5.52. The number of rotatable bonds is 2. The van der Waals surface area contributed by atoms with Crippen LogP contribution in [0.1, 0.15) is 36.0 Å². The molecular weight excluding hydrogens is 352 g/mol. The molecule has 0 radical (unpaired) electrons. The van der Waals surface area contributed by atoms with E-state index in [1.165, 1.54) is 0 Å². The number of nitrogens with zero attached hydrogens (tertiary/aromatic N) is 2. The van der Waals surface area contributed by atoms with Crippen LogP contribution in [-0.2, 0) is 14.6 Å². The molecule has 0 N–H and O–H groups in total. The largest absolute Gasteiger partial charge is 0.375 e. The molecule has 0 aliphatic carbocycles. The molecule has 0 atom stereocenters. The predicted octanol–water partition coefficient (Wildman–Crippen LogP) is 1.71. The molecule has 6 nitrogen and oxygen atoms in total. The van der Waals surface area contributed by atoms with Crippen LogP contribution in [0, 0.1) is 0 Å². The molecule has 7 heteroatoms. The number of ether oxygens (including phenoxy) is 1. The Morgan fingerprint density at radius 1 is 1.00 bits per heavy atom. The van der Waals surface area contributed by atoms with Crippen LogP contribution < -0.4 is 4.90 Å². The summed E-state index contributed by atoms with van der Waals surface area (Å²) < 4.78 is 29.4. The van der Waals surface area contributed by atoms with Crippen molar-refractivity contribution >= 4 is 21.4 Å². The van der Waals surface area contributed by atoms with E-state index < -0.39 is 9.84 Å². The Balaban J connectivity index is 1.49. The van der Waals surface area contributed by atoms with Crippen molar-refractivity contribution < 1.29 is 17.9 Å². The smallest absolute Gasteiger partial charge is 0.255 e. The van der Waals surface area contributed by atoms with Gasteiger partial charge in [0.05, 0.1) is 22.7 Å². The van der Waals surface area contributed by atoms with Gasteiger partial charge in [-0.15, -0.1) is 0 Å². The first kappa shape index (κ1) is 17.8. The minimum absolute atomic E-state index is 0.00245. The number of amides is 1. The third-order valence-electron chi connectivity index (χ3n) is 5.97. The second-order valence-electron chi connectivity index (χ2n) is 7.58. The number of carbonyl (C=O) groups is 1. The summed E-state index contributed by atoms with van der Waals surface area (Å²) in [6.45, 7) is 3.19. The zero-order chi connectivity index (χ0) is 18.2. The van der Waals surface area contributed by atoms with Crippen molar-refractivity contribution in [1.82, 2.24) is 4.90 Å². The van der Waals surface area contributed by atoms with Crippen LogP contribution in [0.2, 0.25) is 0 Å². The molecule has 0 aromatic heterocycles. The Kier molecular flexibility index (Phi) is 4.69. The van der Waals surface area contributed by atoms with Gasteiger partial charge in [0.25, 0.3) is 5.91 Å². The van der Waals surface area contributed by atoms with E-state index in [1.807, 2.05) is 34.1 Å². The van der Waals surface area contributed by atoms with E-state index >= 15 is 0 Å². The monoisotopic (exact) mass is 378 g/mol. The second-order valence-corrected chi connectivity index (χ2v) is 9.89. The molecule has 3 saturated heterocycles. The van der Waals surface area contributed by atoms with Crippen LogP contribution in [0.5, 0.6) is 0 Å². The topological polar surface area (TPSA) is 66.9 Å². The number of likely N-dealkylation sites (tertiary alicyclic amines) is 1. The molecule has 3 aliphatic heterocycles. The number of para-hydroxylation sites is 1. The molecule has 26 heavy (non-hydrogen) atoms. The van der Waals surface area contributed by atoms with E-state index in [2.05, 4.69) is 0 Å². The lowest BCUT2D eigenvalue weighted by Gasteiger charge is -2.39. The van der Waals surface area contributed by atoms with E-state index in [0.717, 1.165) is 51.1 Å². The average Bonchev–Trinajstić information content (AvgIpc) is 3.10. The number of sulfone groups is 1. The molecule has 1 aromatic carbocycles. The molecule has 0 unspecified atom stereocenters. The minimum Gasteiger partial charge on any atom is -0.375 e. The number of anilines is 1. The van der Waals surface area contributed by atoms with Gasteiger partial charge in [0.1, 0.15) is 0 Å². The molecule has 1 aromatic rings. The van der Waals surface area contributed by atoms with Gasteiger partial charge in [0.2, 0.25) is 0 Å². The number of benzene rings is 1. The Labute approximate surface area is 155 Å². The van der Waals surface area contributed by atoms with Crippen molar-refractivity contribution in [1.29, 1.82) is 0 Å². The van der Waals surface area contributed by atoms with E-state index in [0.29, 0.717) is 18.7 Å². The molecule has 1 spiro atoms. The highest BCUT2D eigenvalue weighted by Crippen LogP contribution is 2.36. The molecule has 0 bridgehead atoms. The molecule has 3 aliphatic rings. The van der Waals surface area contributed by atoms with Gasteiger partial charge < -0.3 is 14.5 Å². The quantitative estimate of drug-likeness (QED) is 0.784. The number of hydrogen-bond donors (Lipinski definition) is 0. The van der Waals surface area contributed by atoms with Gasteiger partial charge in [-0.1, -0.05) is 12.1 Å². The summed E-state index contributed by atoms with van der Waals surface area (Å²) in [5, 5.41) is 0. The number of hydrogen-bond acceptors (Lipinski definition) is 5. The summed E-state index contributed by atoms with van der Waals surface area (Å²) in [5.74, 6) is 0.347. The predicted molar refractivity (Wildman–Crippen MR) is 100 cm³/mol. The van der Waals surface area contributed by atoms with E-state index in [9.17, 15) is 13.2 Å². The lowest BCUT2D eigenvalue weighted by Crippen LogP contribution is -2.47. The first-order valence-electron chi connectivity index (χ1n) is 9.46. The SMILES string of the molecule is O=C(c1ccccc1N1CCS(=O)(=O)CC1)N1CCC2(CCCO2)CC1. The summed E-state index contributed by atoms with van der Waals surface area (Å²) in [7, 11) is -2.94. The van der Waals surface area contributed by atoms with Crippen LogP contribution >= 0.6 is 0 Å². The van der Waals surface area contributed by atoms with Crippen LogP contribution in [0.15, 0.2) is 24.3 Å². The van der Waals surface area contributed by atoms with Gasteiger partial charge in [-0.3, -0.25) is 4.79 Å². The standard InChI is InChI=1S/C19H26N2O4S/c22-18(21-9-7-19(8-10-21)6-3-13-25-19)16-4-1-2-5-17(16)20-11-14-26(23,24)15-12-20/h1-2,4-5H,3,6-15H2. The average molecular weight is 378 g/mol. The van der Waals surface area contributed by atoms with Gasteiger partial charge in [0, 0.05) is 38.5 Å². The van der Waals surface area contributed by atoms with E-state index in [4.69, 9.17) is 4.74 Å². The van der Waals surface area contributed by atoms with Gasteiger partial charge in [0.15, 0.2) is 9.84 Å². The fourth-order valence-electron chi connectivity index (χ4n) is 4.32. The van der Waals surface area contributed by atoms with Crippen LogP contribution in [0.4, 0.5) is 5.69 Å². The summed E-state index contributed by atoms with van der Waals surface area (Å²) in [5.41, 5.74) is 1.53. The van der Waals surface area contributed by atoms with Crippen LogP contribution in [-0.4, -0.2) is 69.1 Å². The third-order valence-corrected chi connectivity index (χ3v) is 7.58. The van der Waals surface area contributed by atoms with Gasteiger partial charge in [-0.2, -0.15) is 0 Å². The minimum atomic E-state index is -2.94. The lowest BCUT2D eigenvalue weighted by atomic mass is 9.88. The van der Waals surface area contributed by atoms with E-state index in [-0.39, 0.29) is 23.0 Å². The maximum absolute atomic E-state index is 13.1. The first-order valence-corrected chi connectivity index (χ1v) is 11.3. The Hall–Kier alpha value is -1.60. The molecular formula is C19H26N2O4S. The van der Waals surface area contributed by atoms with Crippen LogP contribution in [0.25, 0.3) is 0 Å². The van der Waals surface area contributed by atoms with Gasteiger partial charge in [-0.05, 0) is 37.8 Å². The highest BCUT2D eigenvalue weighted by Gasteiger charge is 2.39. The highest BCUT2D eigenvalue weighted by molar-refractivity contribution is 7.91. The molecule has 3 fully saturated rings. The Morgan fingerprint density at radius 2 is 1.69 bits per heavy atom. The van der Waals surface area contributed by atoms with E-state index in [1.54, 1.807) is 0 Å². The summed E-state index contributed by atoms with van der Waals surface area (Å²) in [4.78, 5) is 17.1. The highest BCUT2D eigenvalue weighted by atomic mass is 32.2. The Bertz CT molecular complexity index is 762. The lowest BCUT2D eigenvalue weighted by molar-refractivity contribution is -0.0387. The number of carbonyl (C=O) groups excluding carboxylic acids is 1.